The number of thiophene rings is 1. The summed E-state index contributed by atoms with van der Waals surface area (Å²) in [5.41, 5.74) is 1.22. The standard InChI is InChI=1S/C21H29N5O2S2/c1-22-21(23-11-12-24-30(27,28)20-10-6-18-29-20)26-16-14-25(15-17-26)13-5-9-19-7-3-2-4-8-19/h2-10,18,24H,11-17H2,1H3,(H,22,23)/b9-5+. The van der Waals surface area contributed by atoms with Crippen molar-refractivity contribution in [3.63, 3.8) is 0 Å². The highest BCUT2D eigenvalue weighted by atomic mass is 32.2. The van der Waals surface area contributed by atoms with Gasteiger partial charge in [0.1, 0.15) is 4.21 Å². The summed E-state index contributed by atoms with van der Waals surface area (Å²) in [6.45, 7) is 5.43. The summed E-state index contributed by atoms with van der Waals surface area (Å²) in [5, 5.41) is 5.01. The number of guanidine groups is 1. The van der Waals surface area contributed by atoms with Crippen LogP contribution in [0.4, 0.5) is 0 Å². The van der Waals surface area contributed by atoms with E-state index in [0.29, 0.717) is 17.3 Å². The smallest absolute Gasteiger partial charge is 0.250 e. The van der Waals surface area contributed by atoms with Crippen molar-refractivity contribution in [2.45, 2.75) is 4.21 Å². The van der Waals surface area contributed by atoms with E-state index in [9.17, 15) is 8.42 Å². The molecule has 1 fully saturated rings. The van der Waals surface area contributed by atoms with Gasteiger partial charge in [-0.25, -0.2) is 13.1 Å². The van der Waals surface area contributed by atoms with Crippen molar-refractivity contribution in [2.75, 3.05) is 52.9 Å². The first-order chi connectivity index (χ1) is 14.6. The Hall–Kier alpha value is -2.20. The molecule has 3 rings (SSSR count). The van der Waals surface area contributed by atoms with Crippen LogP contribution in [-0.4, -0.2) is 77.0 Å². The molecule has 0 unspecified atom stereocenters. The van der Waals surface area contributed by atoms with Gasteiger partial charge < -0.3 is 10.2 Å². The minimum atomic E-state index is -3.42. The first-order valence-corrected chi connectivity index (χ1v) is 12.4. The molecule has 1 aromatic carbocycles. The number of rotatable bonds is 8. The van der Waals surface area contributed by atoms with Crippen molar-refractivity contribution in [1.82, 2.24) is 19.8 Å². The summed E-state index contributed by atoms with van der Waals surface area (Å²) in [7, 11) is -1.66. The van der Waals surface area contributed by atoms with Crippen molar-refractivity contribution in [2.24, 2.45) is 4.99 Å². The molecule has 9 heteroatoms. The van der Waals surface area contributed by atoms with Crippen molar-refractivity contribution in [3.05, 3.63) is 59.5 Å². The number of aliphatic imine (C=N–C) groups is 1. The normalized spacial score (nSPS) is 16.3. The minimum Gasteiger partial charge on any atom is -0.355 e. The maximum Gasteiger partial charge on any atom is 0.250 e. The van der Waals surface area contributed by atoms with Crippen LogP contribution in [0.25, 0.3) is 6.08 Å². The minimum absolute atomic E-state index is 0.309. The third kappa shape index (κ3) is 6.66. The third-order valence-electron chi connectivity index (χ3n) is 4.82. The molecule has 7 nitrogen and oxygen atoms in total. The highest BCUT2D eigenvalue weighted by molar-refractivity contribution is 7.91. The number of hydrogen-bond acceptors (Lipinski definition) is 5. The summed E-state index contributed by atoms with van der Waals surface area (Å²) in [5.74, 6) is 0.810. The van der Waals surface area contributed by atoms with Crippen LogP contribution < -0.4 is 10.0 Å². The Labute approximate surface area is 183 Å². The van der Waals surface area contributed by atoms with Crippen molar-refractivity contribution in [3.8, 4) is 0 Å². The quantitative estimate of drug-likeness (QED) is 0.367. The molecular formula is C21H29N5O2S2. The largest absolute Gasteiger partial charge is 0.355 e. The second-order valence-electron chi connectivity index (χ2n) is 6.90. The third-order valence-corrected chi connectivity index (χ3v) is 7.68. The van der Waals surface area contributed by atoms with Gasteiger partial charge in [-0.2, -0.15) is 0 Å². The highest BCUT2D eigenvalue weighted by Gasteiger charge is 2.19. The van der Waals surface area contributed by atoms with Gasteiger partial charge in [0.2, 0.25) is 10.0 Å². The first kappa shape index (κ1) is 22.5. The summed E-state index contributed by atoms with van der Waals surface area (Å²) < 4.78 is 27.2. The van der Waals surface area contributed by atoms with Gasteiger partial charge in [0, 0.05) is 52.9 Å². The Bertz CT molecular complexity index is 920. The Morgan fingerprint density at radius 1 is 1.10 bits per heavy atom. The fourth-order valence-electron chi connectivity index (χ4n) is 3.22. The monoisotopic (exact) mass is 447 g/mol. The molecule has 2 heterocycles. The lowest BCUT2D eigenvalue weighted by Gasteiger charge is -2.36. The zero-order valence-corrected chi connectivity index (χ0v) is 18.8. The Balaban J connectivity index is 1.37. The summed E-state index contributed by atoms with van der Waals surface area (Å²) in [6.07, 6.45) is 4.36. The molecule has 0 saturated carbocycles. The molecule has 0 bridgehead atoms. The van der Waals surface area contributed by atoms with Gasteiger partial charge in [-0.05, 0) is 17.0 Å². The zero-order valence-electron chi connectivity index (χ0n) is 17.2. The van der Waals surface area contributed by atoms with Gasteiger partial charge in [-0.15, -0.1) is 11.3 Å². The number of hydrogen-bond donors (Lipinski definition) is 2. The Morgan fingerprint density at radius 2 is 1.87 bits per heavy atom. The first-order valence-electron chi connectivity index (χ1n) is 10.0. The van der Waals surface area contributed by atoms with Crippen molar-refractivity contribution < 1.29 is 8.42 Å². The van der Waals surface area contributed by atoms with E-state index in [2.05, 4.69) is 49.1 Å². The Kier molecular flexibility index (Phi) is 8.44. The lowest BCUT2D eigenvalue weighted by Crippen LogP contribution is -2.53. The van der Waals surface area contributed by atoms with Gasteiger partial charge in [0.15, 0.2) is 5.96 Å². The van der Waals surface area contributed by atoms with Gasteiger partial charge >= 0.3 is 0 Å². The van der Waals surface area contributed by atoms with Crippen LogP contribution in [0.2, 0.25) is 0 Å². The number of benzene rings is 1. The molecule has 2 aromatic rings. The van der Waals surface area contributed by atoms with E-state index < -0.39 is 10.0 Å². The fraction of sp³-hybridized carbons (Fsp3) is 0.381. The van der Waals surface area contributed by atoms with Crippen LogP contribution in [0.5, 0.6) is 0 Å². The van der Waals surface area contributed by atoms with Crippen molar-refractivity contribution in [1.29, 1.82) is 0 Å². The fourth-order valence-corrected chi connectivity index (χ4v) is 5.29. The molecule has 0 spiro atoms. The van der Waals surface area contributed by atoms with Crippen LogP contribution in [0.3, 0.4) is 0 Å². The predicted molar refractivity (Wildman–Crippen MR) is 124 cm³/mol. The lowest BCUT2D eigenvalue weighted by atomic mass is 10.2. The van der Waals surface area contributed by atoms with E-state index in [4.69, 9.17) is 0 Å². The van der Waals surface area contributed by atoms with Gasteiger partial charge in [0.25, 0.3) is 0 Å². The van der Waals surface area contributed by atoms with Crippen LogP contribution in [0.1, 0.15) is 5.56 Å². The van der Waals surface area contributed by atoms with Gasteiger partial charge in [0.05, 0.1) is 0 Å². The molecule has 1 aliphatic rings. The summed E-state index contributed by atoms with van der Waals surface area (Å²) >= 11 is 1.21. The molecule has 0 atom stereocenters. The van der Waals surface area contributed by atoms with E-state index in [1.807, 2.05) is 18.2 Å². The van der Waals surface area contributed by atoms with Gasteiger partial charge in [-0.1, -0.05) is 48.6 Å². The summed E-state index contributed by atoms with van der Waals surface area (Å²) in [4.78, 5) is 8.97. The Morgan fingerprint density at radius 3 is 2.53 bits per heavy atom. The molecule has 0 aliphatic carbocycles. The molecular weight excluding hydrogens is 418 g/mol. The van der Waals surface area contributed by atoms with Gasteiger partial charge in [-0.3, -0.25) is 9.89 Å². The maximum atomic E-state index is 12.1. The number of nitrogens with zero attached hydrogens (tertiary/aromatic N) is 3. The van der Waals surface area contributed by atoms with E-state index in [1.165, 1.54) is 16.9 Å². The highest BCUT2D eigenvalue weighted by Crippen LogP contribution is 2.14. The topological polar surface area (TPSA) is 77.0 Å². The van der Waals surface area contributed by atoms with E-state index in [0.717, 1.165) is 38.7 Å². The van der Waals surface area contributed by atoms with E-state index >= 15 is 0 Å². The predicted octanol–water partition coefficient (Wildman–Crippen LogP) is 1.93. The average molecular weight is 448 g/mol. The number of sulfonamides is 1. The second-order valence-corrected chi connectivity index (χ2v) is 9.85. The number of nitrogens with one attached hydrogen (secondary N) is 2. The molecule has 1 saturated heterocycles. The molecule has 30 heavy (non-hydrogen) atoms. The van der Waals surface area contributed by atoms with Crippen LogP contribution in [0.15, 0.2) is 63.1 Å². The molecule has 162 valence electrons. The van der Waals surface area contributed by atoms with Crippen LogP contribution in [0, 0.1) is 0 Å². The average Bonchev–Trinajstić information content (AvgIpc) is 3.31. The molecule has 2 N–H and O–H groups in total. The molecule has 0 amide bonds. The lowest BCUT2D eigenvalue weighted by molar-refractivity contribution is 0.194. The van der Waals surface area contributed by atoms with E-state index in [-0.39, 0.29) is 0 Å². The SMILES string of the molecule is CN=C(NCCNS(=O)(=O)c1cccs1)N1CCN(C/C=C/c2ccccc2)CC1. The van der Waals surface area contributed by atoms with E-state index in [1.54, 1.807) is 24.6 Å². The zero-order chi connectivity index (χ0) is 21.2. The number of piperazine rings is 1. The van der Waals surface area contributed by atoms with Crippen molar-refractivity contribution >= 4 is 33.4 Å². The molecule has 0 radical (unpaired) electrons. The molecule has 1 aliphatic heterocycles. The van der Waals surface area contributed by atoms with Crippen LogP contribution >= 0.6 is 11.3 Å². The van der Waals surface area contributed by atoms with Crippen LogP contribution in [-0.2, 0) is 10.0 Å². The maximum absolute atomic E-state index is 12.1. The summed E-state index contributed by atoms with van der Waals surface area (Å²) in [6, 6.07) is 13.7. The molecule has 1 aromatic heterocycles. The second kappa shape index (κ2) is 11.3.